The lowest BCUT2D eigenvalue weighted by molar-refractivity contribution is -0.880. The number of nitrogens with zero attached hydrogens (tertiary/aromatic N) is 3. The molecule has 0 radical (unpaired) electrons. The number of aromatic nitrogens is 2. The summed E-state index contributed by atoms with van der Waals surface area (Å²) in [7, 11) is 2.15. The first-order chi connectivity index (χ1) is 10.7. The minimum atomic E-state index is -0.377. The van der Waals surface area contributed by atoms with Crippen LogP contribution in [0.25, 0.3) is 11.3 Å². The summed E-state index contributed by atoms with van der Waals surface area (Å²) in [5.74, 6) is 0.551. The predicted molar refractivity (Wildman–Crippen MR) is 83.8 cm³/mol. The van der Waals surface area contributed by atoms with E-state index in [1.54, 1.807) is 0 Å². The van der Waals surface area contributed by atoms with Gasteiger partial charge in [0.15, 0.2) is 0 Å². The molecule has 2 aromatic rings. The lowest BCUT2D eigenvalue weighted by Gasteiger charge is -2.30. The molecule has 0 atom stereocenters. The summed E-state index contributed by atoms with van der Waals surface area (Å²) in [5.41, 5.74) is 0.923. The van der Waals surface area contributed by atoms with Crippen LogP contribution in [-0.4, -0.2) is 43.2 Å². The van der Waals surface area contributed by atoms with Crippen molar-refractivity contribution >= 4 is 5.95 Å². The molecule has 0 bridgehead atoms. The molecule has 22 heavy (non-hydrogen) atoms. The van der Waals surface area contributed by atoms with E-state index in [1.165, 1.54) is 4.90 Å². The lowest BCUT2D eigenvalue weighted by Crippen LogP contribution is -3.12. The third kappa shape index (κ3) is 2.71. The molecule has 1 saturated heterocycles. The molecule has 0 saturated carbocycles. The number of anilines is 1. The maximum absolute atomic E-state index is 12.2. The van der Waals surface area contributed by atoms with E-state index in [2.05, 4.69) is 21.9 Å². The van der Waals surface area contributed by atoms with Crippen molar-refractivity contribution in [2.45, 2.75) is 0 Å². The highest BCUT2D eigenvalue weighted by Gasteiger charge is 2.21. The quantitative estimate of drug-likeness (QED) is 0.794. The summed E-state index contributed by atoms with van der Waals surface area (Å²) in [6.45, 7) is 3.69. The van der Waals surface area contributed by atoms with Crippen LogP contribution in [0, 0.1) is 11.3 Å². The van der Waals surface area contributed by atoms with Crippen molar-refractivity contribution < 1.29 is 4.90 Å². The topological polar surface area (TPSA) is 77.2 Å². The van der Waals surface area contributed by atoms with Crippen LogP contribution in [0.5, 0.6) is 0 Å². The highest BCUT2D eigenvalue weighted by Crippen LogP contribution is 2.20. The Morgan fingerprint density at radius 2 is 1.95 bits per heavy atom. The summed E-state index contributed by atoms with van der Waals surface area (Å²) >= 11 is 0. The Morgan fingerprint density at radius 1 is 1.27 bits per heavy atom. The zero-order valence-corrected chi connectivity index (χ0v) is 12.5. The smallest absolute Gasteiger partial charge is 0.270 e. The van der Waals surface area contributed by atoms with Crippen LogP contribution in [0.15, 0.2) is 35.1 Å². The standard InChI is InChI=1S/C16H17N5O/c1-20-7-9-21(10-8-20)16-18-14(12-5-3-2-4-6-12)13(11-17)15(22)19-16/h2-6H,7-10H2,1H3,(H,18,19,22)/p+1. The molecule has 0 spiro atoms. The highest BCUT2D eigenvalue weighted by molar-refractivity contribution is 5.67. The first kappa shape index (κ1) is 14.3. The summed E-state index contributed by atoms with van der Waals surface area (Å²) < 4.78 is 0. The molecule has 6 nitrogen and oxygen atoms in total. The first-order valence-electron chi connectivity index (χ1n) is 7.35. The molecular formula is C16H18N5O+. The molecule has 3 rings (SSSR count). The van der Waals surface area contributed by atoms with Gasteiger partial charge in [0.05, 0.1) is 38.9 Å². The average Bonchev–Trinajstić information content (AvgIpc) is 2.55. The Balaban J connectivity index is 2.06. The molecule has 2 heterocycles. The Labute approximate surface area is 128 Å². The number of nitrogens with one attached hydrogen (secondary N) is 2. The van der Waals surface area contributed by atoms with Crippen LogP contribution in [0.4, 0.5) is 5.95 Å². The van der Waals surface area contributed by atoms with E-state index >= 15 is 0 Å². The summed E-state index contributed by atoms with van der Waals surface area (Å²) in [6.07, 6.45) is 0. The van der Waals surface area contributed by atoms with Gasteiger partial charge >= 0.3 is 0 Å². The van der Waals surface area contributed by atoms with Crippen LogP contribution < -0.4 is 15.4 Å². The van der Waals surface area contributed by atoms with Crippen molar-refractivity contribution in [3.63, 3.8) is 0 Å². The number of nitriles is 1. The molecule has 0 unspecified atom stereocenters. The summed E-state index contributed by atoms with van der Waals surface area (Å²) in [5, 5.41) is 9.27. The molecule has 0 aliphatic carbocycles. The van der Waals surface area contributed by atoms with Gasteiger partial charge in [-0.25, -0.2) is 4.98 Å². The Bertz CT molecular complexity index is 754. The van der Waals surface area contributed by atoms with Gasteiger partial charge < -0.3 is 9.80 Å². The maximum atomic E-state index is 12.2. The largest absolute Gasteiger partial charge is 0.334 e. The predicted octanol–water partition coefficient (Wildman–Crippen LogP) is -0.357. The number of likely N-dealkylation sites (N-methyl/N-ethyl adjacent to an activating group) is 1. The first-order valence-corrected chi connectivity index (χ1v) is 7.35. The van der Waals surface area contributed by atoms with Gasteiger partial charge in [0.1, 0.15) is 11.6 Å². The van der Waals surface area contributed by atoms with E-state index in [4.69, 9.17) is 0 Å². The van der Waals surface area contributed by atoms with Crippen LogP contribution in [0.1, 0.15) is 5.56 Å². The number of aromatic amines is 1. The molecular weight excluding hydrogens is 278 g/mol. The van der Waals surface area contributed by atoms with Crippen molar-refractivity contribution in [3.05, 3.63) is 46.2 Å². The number of H-pyrrole nitrogens is 1. The number of rotatable bonds is 2. The number of quaternary nitrogens is 1. The van der Waals surface area contributed by atoms with Gasteiger partial charge in [-0.3, -0.25) is 9.78 Å². The molecule has 1 aliphatic rings. The van der Waals surface area contributed by atoms with Crippen molar-refractivity contribution in [2.75, 3.05) is 38.1 Å². The van der Waals surface area contributed by atoms with Crippen LogP contribution >= 0.6 is 0 Å². The zero-order chi connectivity index (χ0) is 15.5. The highest BCUT2D eigenvalue weighted by atomic mass is 16.1. The maximum Gasteiger partial charge on any atom is 0.270 e. The van der Waals surface area contributed by atoms with Gasteiger partial charge in [-0.2, -0.15) is 5.26 Å². The molecule has 1 fully saturated rings. The van der Waals surface area contributed by atoms with Gasteiger partial charge in [0.2, 0.25) is 5.95 Å². The third-order valence-electron chi connectivity index (χ3n) is 3.98. The third-order valence-corrected chi connectivity index (χ3v) is 3.98. The fourth-order valence-electron chi connectivity index (χ4n) is 2.62. The van der Waals surface area contributed by atoms with E-state index < -0.39 is 0 Å². The Morgan fingerprint density at radius 3 is 2.59 bits per heavy atom. The van der Waals surface area contributed by atoms with Crippen LogP contribution in [-0.2, 0) is 0 Å². The van der Waals surface area contributed by atoms with Crippen molar-refractivity contribution in [3.8, 4) is 17.3 Å². The van der Waals surface area contributed by atoms with Gasteiger partial charge in [-0.05, 0) is 0 Å². The molecule has 1 aliphatic heterocycles. The monoisotopic (exact) mass is 296 g/mol. The molecule has 6 heteroatoms. The van der Waals surface area contributed by atoms with Crippen molar-refractivity contribution in [2.24, 2.45) is 0 Å². The van der Waals surface area contributed by atoms with E-state index in [1.807, 2.05) is 36.4 Å². The molecule has 112 valence electrons. The van der Waals surface area contributed by atoms with Gasteiger partial charge in [0, 0.05) is 5.56 Å². The number of piperazine rings is 1. The summed E-state index contributed by atoms with van der Waals surface area (Å²) in [4.78, 5) is 23.1. The number of hydrogen-bond donors (Lipinski definition) is 2. The second-order valence-corrected chi connectivity index (χ2v) is 5.54. The number of benzene rings is 1. The minimum Gasteiger partial charge on any atom is -0.334 e. The SMILES string of the molecule is C[NH+]1CCN(c2nc(-c3ccccc3)c(C#N)c(=O)[nH]2)CC1. The molecule has 1 aromatic heterocycles. The van der Waals surface area contributed by atoms with E-state index in [0.717, 1.165) is 31.7 Å². The Hall–Kier alpha value is -2.65. The molecule has 0 amide bonds. The zero-order valence-electron chi connectivity index (χ0n) is 12.5. The van der Waals surface area contributed by atoms with Crippen molar-refractivity contribution in [1.82, 2.24) is 9.97 Å². The summed E-state index contributed by atoms with van der Waals surface area (Å²) in [6, 6.07) is 11.3. The van der Waals surface area contributed by atoms with Crippen molar-refractivity contribution in [1.29, 1.82) is 5.26 Å². The van der Waals surface area contributed by atoms with Crippen LogP contribution in [0.3, 0.4) is 0 Å². The van der Waals surface area contributed by atoms with Crippen LogP contribution in [0.2, 0.25) is 0 Å². The van der Waals surface area contributed by atoms with E-state index in [9.17, 15) is 10.1 Å². The number of hydrogen-bond acceptors (Lipinski definition) is 4. The minimum absolute atomic E-state index is 0.0645. The second kappa shape index (κ2) is 6.00. The van der Waals surface area contributed by atoms with Gasteiger partial charge in [-0.1, -0.05) is 30.3 Å². The molecule has 1 aromatic carbocycles. The average molecular weight is 296 g/mol. The lowest BCUT2D eigenvalue weighted by atomic mass is 10.1. The van der Waals surface area contributed by atoms with Gasteiger partial charge in [-0.15, -0.1) is 0 Å². The van der Waals surface area contributed by atoms with Gasteiger partial charge in [0.25, 0.3) is 5.56 Å². The fraction of sp³-hybridized carbons (Fsp3) is 0.312. The fourth-order valence-corrected chi connectivity index (χ4v) is 2.62. The molecule has 2 N–H and O–H groups in total. The second-order valence-electron chi connectivity index (χ2n) is 5.54. The van der Waals surface area contributed by atoms with E-state index in [-0.39, 0.29) is 11.1 Å². The Kier molecular flexibility index (Phi) is 3.90. The normalized spacial score (nSPS) is 15.5. The van der Waals surface area contributed by atoms with E-state index in [0.29, 0.717) is 11.6 Å².